The first-order valence-electron chi connectivity index (χ1n) is 9.01. The molecule has 8 nitrogen and oxygen atoms in total. The number of aromatic nitrogens is 4. The Hall–Kier alpha value is -4.15. The number of nitrogen functional groups attached to an aromatic ring is 1. The molecule has 31 heavy (non-hydrogen) atoms. The summed E-state index contributed by atoms with van der Waals surface area (Å²) in [6.45, 7) is 0. The molecule has 0 fully saturated rings. The van der Waals surface area contributed by atoms with E-state index < -0.39 is 17.8 Å². The van der Waals surface area contributed by atoms with Crippen LogP contribution in [0.25, 0.3) is 22.3 Å². The molecule has 0 spiro atoms. The number of nitrogens with one attached hydrogen (secondary N) is 2. The van der Waals surface area contributed by atoms with Gasteiger partial charge in [0, 0.05) is 24.0 Å². The summed E-state index contributed by atoms with van der Waals surface area (Å²) in [5.74, 6) is 0.302. The summed E-state index contributed by atoms with van der Waals surface area (Å²) >= 11 is 0. The van der Waals surface area contributed by atoms with E-state index in [4.69, 9.17) is 5.73 Å². The molecule has 0 unspecified atom stereocenters. The van der Waals surface area contributed by atoms with Gasteiger partial charge in [0.1, 0.15) is 17.8 Å². The number of carbonyl (C=O) groups is 1. The van der Waals surface area contributed by atoms with Gasteiger partial charge in [-0.1, -0.05) is 18.2 Å². The number of anilines is 3. The Morgan fingerprint density at radius 1 is 1.03 bits per heavy atom. The number of hydrogen-bond donors (Lipinski definition) is 3. The molecule has 0 aliphatic carbocycles. The lowest BCUT2D eigenvalue weighted by molar-refractivity contribution is -0.137. The van der Waals surface area contributed by atoms with Gasteiger partial charge in [0.2, 0.25) is 0 Å². The highest BCUT2D eigenvalue weighted by atomic mass is 19.4. The molecule has 0 aliphatic heterocycles. The third-order valence-corrected chi connectivity index (χ3v) is 4.51. The summed E-state index contributed by atoms with van der Waals surface area (Å²) in [6.07, 6.45) is -3.13. The Morgan fingerprint density at radius 2 is 1.74 bits per heavy atom. The van der Waals surface area contributed by atoms with Gasteiger partial charge < -0.3 is 16.4 Å². The lowest BCUT2D eigenvalue weighted by Crippen LogP contribution is -2.19. The Labute approximate surface area is 173 Å². The fourth-order valence-electron chi connectivity index (χ4n) is 3.09. The van der Waals surface area contributed by atoms with Crippen LogP contribution in [-0.4, -0.2) is 25.8 Å². The highest BCUT2D eigenvalue weighted by Crippen LogP contribution is 2.31. The van der Waals surface area contributed by atoms with E-state index in [-0.39, 0.29) is 5.69 Å². The van der Waals surface area contributed by atoms with Crippen molar-refractivity contribution < 1.29 is 18.0 Å². The third kappa shape index (κ3) is 4.10. The second-order valence-electron chi connectivity index (χ2n) is 6.66. The van der Waals surface area contributed by atoms with Gasteiger partial charge in [-0.15, -0.1) is 0 Å². The number of benzene rings is 2. The van der Waals surface area contributed by atoms with Crippen molar-refractivity contribution in [1.29, 1.82) is 0 Å². The molecule has 2 heterocycles. The fraction of sp³-hybridized carbons (Fsp3) is 0.100. The van der Waals surface area contributed by atoms with Gasteiger partial charge in [-0.25, -0.2) is 19.4 Å². The van der Waals surface area contributed by atoms with E-state index >= 15 is 0 Å². The maximum Gasteiger partial charge on any atom is 0.416 e. The predicted molar refractivity (Wildman–Crippen MR) is 110 cm³/mol. The summed E-state index contributed by atoms with van der Waals surface area (Å²) in [4.78, 5) is 20.4. The maximum absolute atomic E-state index is 12.8. The standard InChI is InChI=1S/C20H16F3N7O/c1-30-18-15(17(24)25-10-26-18)16(29-30)11-5-7-13(8-6-11)27-19(31)28-14-4-2-3-12(9-14)20(21,22)23/h2-10H,1H3,(H2,24,25,26)(H2,27,28,31). The minimum atomic E-state index is -4.49. The molecule has 2 amide bonds. The molecule has 0 bridgehead atoms. The number of hydrogen-bond acceptors (Lipinski definition) is 5. The van der Waals surface area contributed by atoms with Crippen LogP contribution in [0.5, 0.6) is 0 Å². The topological polar surface area (TPSA) is 111 Å². The molecule has 0 saturated heterocycles. The van der Waals surface area contributed by atoms with Crippen LogP contribution in [0.1, 0.15) is 5.56 Å². The van der Waals surface area contributed by atoms with Gasteiger partial charge in [0.05, 0.1) is 10.9 Å². The highest BCUT2D eigenvalue weighted by molar-refractivity contribution is 6.01. The molecule has 11 heteroatoms. The minimum Gasteiger partial charge on any atom is -0.383 e. The lowest BCUT2D eigenvalue weighted by atomic mass is 10.1. The number of fused-ring (bicyclic) bond motifs is 1. The molecule has 158 valence electrons. The van der Waals surface area contributed by atoms with Crippen LogP contribution >= 0.6 is 0 Å². The molecule has 4 rings (SSSR count). The van der Waals surface area contributed by atoms with Gasteiger partial charge in [-0.05, 0) is 30.3 Å². The molecule has 0 saturated carbocycles. The zero-order chi connectivity index (χ0) is 22.2. The number of rotatable bonds is 3. The molecule has 0 atom stereocenters. The van der Waals surface area contributed by atoms with E-state index in [1.54, 1.807) is 36.0 Å². The Bertz CT molecular complexity index is 1270. The number of alkyl halides is 3. The first kappa shape index (κ1) is 20.1. The lowest BCUT2D eigenvalue weighted by Gasteiger charge is -2.11. The summed E-state index contributed by atoms with van der Waals surface area (Å²) in [7, 11) is 1.74. The quantitative estimate of drug-likeness (QED) is 0.452. The normalized spacial score (nSPS) is 11.5. The van der Waals surface area contributed by atoms with Crippen molar-refractivity contribution in [3.63, 3.8) is 0 Å². The van der Waals surface area contributed by atoms with Crippen molar-refractivity contribution in [2.45, 2.75) is 6.18 Å². The summed E-state index contributed by atoms with van der Waals surface area (Å²) < 4.78 is 40.0. The fourth-order valence-corrected chi connectivity index (χ4v) is 3.09. The van der Waals surface area contributed by atoms with Crippen LogP contribution in [0.15, 0.2) is 54.9 Å². The van der Waals surface area contributed by atoms with Gasteiger partial charge >= 0.3 is 12.2 Å². The van der Waals surface area contributed by atoms with Gasteiger partial charge in [0.15, 0.2) is 5.65 Å². The molecule has 0 aliphatic rings. The van der Waals surface area contributed by atoms with E-state index in [1.807, 2.05) is 0 Å². The van der Waals surface area contributed by atoms with Gasteiger partial charge in [-0.2, -0.15) is 18.3 Å². The van der Waals surface area contributed by atoms with E-state index in [0.717, 1.165) is 17.7 Å². The molecular formula is C20H16F3N7O. The Balaban J connectivity index is 1.50. The van der Waals surface area contributed by atoms with Crippen LogP contribution in [0.4, 0.5) is 35.2 Å². The van der Waals surface area contributed by atoms with Crippen LogP contribution in [-0.2, 0) is 13.2 Å². The highest BCUT2D eigenvalue weighted by Gasteiger charge is 2.30. The van der Waals surface area contributed by atoms with Crippen LogP contribution < -0.4 is 16.4 Å². The largest absolute Gasteiger partial charge is 0.416 e. The number of urea groups is 1. The van der Waals surface area contributed by atoms with E-state index in [0.29, 0.717) is 28.2 Å². The van der Waals surface area contributed by atoms with Crippen molar-refractivity contribution in [1.82, 2.24) is 19.7 Å². The van der Waals surface area contributed by atoms with Crippen LogP contribution in [0.3, 0.4) is 0 Å². The zero-order valence-electron chi connectivity index (χ0n) is 16.1. The summed E-state index contributed by atoms with van der Waals surface area (Å²) in [5, 5.41) is 10.0. The minimum absolute atomic E-state index is 0.0272. The monoisotopic (exact) mass is 427 g/mol. The summed E-state index contributed by atoms with van der Waals surface area (Å²) in [6, 6.07) is 10.5. The number of nitrogens with zero attached hydrogens (tertiary/aromatic N) is 4. The average Bonchev–Trinajstić information content (AvgIpc) is 3.06. The maximum atomic E-state index is 12.8. The Kier molecular flexibility index (Phi) is 4.93. The van der Waals surface area contributed by atoms with E-state index in [1.165, 1.54) is 18.5 Å². The van der Waals surface area contributed by atoms with Crippen LogP contribution in [0.2, 0.25) is 0 Å². The number of halogens is 3. The molecule has 0 radical (unpaired) electrons. The molecule has 4 aromatic rings. The third-order valence-electron chi connectivity index (χ3n) is 4.51. The van der Waals surface area contributed by atoms with Crippen molar-refractivity contribution in [3.05, 3.63) is 60.4 Å². The second kappa shape index (κ2) is 7.59. The number of amides is 2. The molecular weight excluding hydrogens is 411 g/mol. The summed E-state index contributed by atoms with van der Waals surface area (Å²) in [5.41, 5.74) is 7.51. The van der Waals surface area contributed by atoms with Gasteiger partial charge in [-0.3, -0.25) is 0 Å². The predicted octanol–water partition coefficient (Wildman–Crippen LogP) is 4.28. The van der Waals surface area contributed by atoms with E-state index in [9.17, 15) is 18.0 Å². The number of nitrogens with two attached hydrogens (primary N) is 1. The van der Waals surface area contributed by atoms with Crippen molar-refractivity contribution in [2.24, 2.45) is 7.05 Å². The Morgan fingerprint density at radius 3 is 2.45 bits per heavy atom. The number of carbonyl (C=O) groups excluding carboxylic acids is 1. The van der Waals surface area contributed by atoms with E-state index in [2.05, 4.69) is 25.7 Å². The van der Waals surface area contributed by atoms with Gasteiger partial charge in [0.25, 0.3) is 0 Å². The zero-order valence-corrected chi connectivity index (χ0v) is 16.1. The van der Waals surface area contributed by atoms with Crippen molar-refractivity contribution in [2.75, 3.05) is 16.4 Å². The molecule has 2 aromatic heterocycles. The number of aryl methyl sites for hydroxylation is 1. The van der Waals surface area contributed by atoms with Crippen molar-refractivity contribution >= 4 is 34.3 Å². The SMILES string of the molecule is Cn1nc(-c2ccc(NC(=O)Nc3cccc(C(F)(F)F)c3)cc2)c2c(N)ncnc21. The van der Waals surface area contributed by atoms with Crippen molar-refractivity contribution in [3.8, 4) is 11.3 Å². The molecule has 2 aromatic carbocycles. The second-order valence-corrected chi connectivity index (χ2v) is 6.66. The average molecular weight is 427 g/mol. The smallest absolute Gasteiger partial charge is 0.383 e. The van der Waals surface area contributed by atoms with Crippen LogP contribution in [0, 0.1) is 0 Å². The first-order valence-corrected chi connectivity index (χ1v) is 9.01. The first-order chi connectivity index (χ1) is 14.7. The molecule has 4 N–H and O–H groups in total.